The number of aromatic amines is 1. The number of H-pyrrole nitrogens is 1. The highest BCUT2D eigenvalue weighted by Gasteiger charge is 2.33. The molecule has 4 heterocycles. The van der Waals surface area contributed by atoms with Crippen molar-refractivity contribution in [2.24, 2.45) is 0 Å². The number of anilines is 1. The van der Waals surface area contributed by atoms with Crippen LogP contribution in [0.2, 0.25) is 10.0 Å². The minimum atomic E-state index is -0.996. The Labute approximate surface area is 247 Å². The Hall–Kier alpha value is -3.69. The smallest absolute Gasteiger partial charge is 0.205 e. The average molecular weight is 594 g/mol. The van der Waals surface area contributed by atoms with E-state index in [2.05, 4.69) is 52.3 Å². The highest BCUT2D eigenvalue weighted by atomic mass is 35.5. The van der Waals surface area contributed by atoms with Crippen LogP contribution in [-0.4, -0.2) is 41.3 Å². The van der Waals surface area contributed by atoms with Gasteiger partial charge in [-0.1, -0.05) is 61.7 Å². The van der Waals surface area contributed by atoms with Crippen molar-refractivity contribution in [3.63, 3.8) is 0 Å². The fourth-order valence-electron chi connectivity index (χ4n) is 5.64. The summed E-state index contributed by atoms with van der Waals surface area (Å²) in [5, 5.41) is 18.5. The second kappa shape index (κ2) is 11.3. The third kappa shape index (κ3) is 5.13. The maximum absolute atomic E-state index is 14.3. The van der Waals surface area contributed by atoms with E-state index < -0.39 is 12.2 Å². The van der Waals surface area contributed by atoms with Crippen molar-refractivity contribution in [1.29, 1.82) is 5.41 Å². The average Bonchev–Trinajstić information content (AvgIpc) is 3.76. The molecule has 2 atom stereocenters. The number of nitrogens with one attached hydrogen (secondary N) is 3. The fourth-order valence-corrected chi connectivity index (χ4v) is 6.19. The zero-order chi connectivity index (χ0) is 28.7. The molecule has 1 unspecified atom stereocenters. The Morgan fingerprint density at radius 3 is 2.83 bits per heavy atom. The van der Waals surface area contributed by atoms with Crippen LogP contribution in [0.5, 0.6) is 0 Å². The first kappa shape index (κ1) is 27.5. The molecular formula is C30H31Cl2FN8. The molecule has 0 fully saturated rings. The van der Waals surface area contributed by atoms with E-state index in [9.17, 15) is 4.39 Å². The lowest BCUT2D eigenvalue weighted by atomic mass is 9.94. The van der Waals surface area contributed by atoms with E-state index in [-0.39, 0.29) is 18.8 Å². The van der Waals surface area contributed by atoms with Gasteiger partial charge in [0.25, 0.3) is 0 Å². The maximum atomic E-state index is 14.3. The van der Waals surface area contributed by atoms with Crippen LogP contribution in [0.15, 0.2) is 49.2 Å². The van der Waals surface area contributed by atoms with Crippen LogP contribution >= 0.6 is 23.2 Å². The largest absolute Gasteiger partial charge is 0.331 e. The standard InChI is InChI=1S/C30H31Cl2FN8/c1-3-5-6-18-7-8-19(11-17(18)4-2)21-13-23(31)22-15-41(39-26(22)25(21)32)28(29(34)38-30-35-9-10-36-30)27-24-12-20(33)14-40(24)16-37-27/h7-11,13,15-16,20,28H,3-6,12,14H2,1-2H3,(H3,34,35,36,38)/t20-,28?/m1/s1. The van der Waals surface area contributed by atoms with Crippen molar-refractivity contribution in [2.75, 3.05) is 5.32 Å². The highest BCUT2D eigenvalue weighted by molar-refractivity contribution is 6.42. The number of hydrogen-bond donors (Lipinski definition) is 3. The molecule has 8 nitrogen and oxygen atoms in total. The van der Waals surface area contributed by atoms with Gasteiger partial charge in [-0.15, -0.1) is 0 Å². The van der Waals surface area contributed by atoms with Crippen molar-refractivity contribution in [2.45, 2.75) is 64.7 Å². The molecule has 3 N–H and O–H groups in total. The second-order valence-corrected chi connectivity index (χ2v) is 11.2. The number of alkyl halides is 1. The normalized spacial score (nSPS) is 15.4. The second-order valence-electron chi connectivity index (χ2n) is 10.4. The first-order valence-electron chi connectivity index (χ1n) is 13.9. The molecule has 41 heavy (non-hydrogen) atoms. The molecule has 0 amide bonds. The number of imidazole rings is 2. The molecule has 212 valence electrons. The van der Waals surface area contributed by atoms with E-state index in [1.807, 2.05) is 6.07 Å². The summed E-state index contributed by atoms with van der Waals surface area (Å²) in [6, 6.07) is 7.57. The van der Waals surface area contributed by atoms with Gasteiger partial charge in [-0.3, -0.25) is 10.1 Å². The summed E-state index contributed by atoms with van der Waals surface area (Å²) < 4.78 is 17.8. The summed E-state index contributed by atoms with van der Waals surface area (Å²) in [5.41, 5.74) is 6.25. The third-order valence-corrected chi connectivity index (χ3v) is 8.43. The zero-order valence-corrected chi connectivity index (χ0v) is 24.4. The number of nitrogens with zero attached hydrogens (tertiary/aromatic N) is 5. The summed E-state index contributed by atoms with van der Waals surface area (Å²) >= 11 is 13.9. The zero-order valence-electron chi connectivity index (χ0n) is 22.9. The van der Waals surface area contributed by atoms with Crippen molar-refractivity contribution in [3.05, 3.63) is 81.7 Å². The molecule has 2 aromatic carbocycles. The summed E-state index contributed by atoms with van der Waals surface area (Å²) in [6.45, 7) is 4.61. The molecule has 3 aromatic heterocycles. The number of hydrogen-bond acceptors (Lipinski definition) is 4. The summed E-state index contributed by atoms with van der Waals surface area (Å²) in [7, 11) is 0. The Kier molecular flexibility index (Phi) is 7.57. The lowest BCUT2D eigenvalue weighted by Crippen LogP contribution is -2.28. The lowest BCUT2D eigenvalue weighted by Gasteiger charge is -2.18. The Morgan fingerprint density at radius 2 is 2.07 bits per heavy atom. The van der Waals surface area contributed by atoms with Gasteiger partial charge >= 0.3 is 0 Å². The van der Waals surface area contributed by atoms with Gasteiger partial charge in [-0.2, -0.15) is 5.10 Å². The number of rotatable bonds is 9. The van der Waals surface area contributed by atoms with Crippen LogP contribution in [0.1, 0.15) is 55.2 Å². The molecule has 1 aliphatic heterocycles. The van der Waals surface area contributed by atoms with E-state index in [0.29, 0.717) is 32.6 Å². The van der Waals surface area contributed by atoms with Gasteiger partial charge in [0, 0.05) is 41.7 Å². The Bertz CT molecular complexity index is 1720. The van der Waals surface area contributed by atoms with Gasteiger partial charge < -0.3 is 14.9 Å². The lowest BCUT2D eigenvalue weighted by molar-refractivity contribution is 0.328. The van der Waals surface area contributed by atoms with Gasteiger partial charge in [-0.25, -0.2) is 14.4 Å². The first-order valence-corrected chi connectivity index (χ1v) is 14.6. The highest BCUT2D eigenvalue weighted by Crippen LogP contribution is 2.40. The molecule has 0 saturated carbocycles. The van der Waals surface area contributed by atoms with Gasteiger partial charge in [0.05, 0.1) is 28.6 Å². The molecule has 1 aliphatic rings. The molecule has 6 rings (SSSR count). The van der Waals surface area contributed by atoms with Gasteiger partial charge in [0.15, 0.2) is 6.04 Å². The molecule has 0 aliphatic carbocycles. The van der Waals surface area contributed by atoms with Crippen LogP contribution in [0, 0.1) is 5.41 Å². The van der Waals surface area contributed by atoms with Crippen molar-refractivity contribution < 1.29 is 4.39 Å². The molecule has 0 saturated heterocycles. The van der Waals surface area contributed by atoms with Gasteiger partial charge in [0.1, 0.15) is 17.5 Å². The molecule has 0 radical (unpaired) electrons. The summed E-state index contributed by atoms with van der Waals surface area (Å²) in [5.74, 6) is 0.475. The number of fused-ring (bicyclic) bond motifs is 2. The first-order chi connectivity index (χ1) is 19.9. The summed E-state index contributed by atoms with van der Waals surface area (Å²) in [4.78, 5) is 11.7. The van der Waals surface area contributed by atoms with Crippen LogP contribution in [0.25, 0.3) is 22.0 Å². The molecule has 0 bridgehead atoms. The predicted molar refractivity (Wildman–Crippen MR) is 162 cm³/mol. The number of benzene rings is 2. The number of amidine groups is 1. The van der Waals surface area contributed by atoms with Crippen LogP contribution in [0.4, 0.5) is 10.3 Å². The number of unbranched alkanes of at least 4 members (excludes halogenated alkanes) is 1. The summed E-state index contributed by atoms with van der Waals surface area (Å²) in [6.07, 6.45) is 10.2. The van der Waals surface area contributed by atoms with E-state index in [1.54, 1.807) is 34.2 Å². The molecule has 0 spiro atoms. The van der Waals surface area contributed by atoms with Crippen LogP contribution in [0.3, 0.4) is 0 Å². The quantitative estimate of drug-likeness (QED) is 0.122. The van der Waals surface area contributed by atoms with E-state index in [0.717, 1.165) is 42.5 Å². The Morgan fingerprint density at radius 1 is 1.22 bits per heavy atom. The van der Waals surface area contributed by atoms with Gasteiger partial charge in [-0.05, 0) is 42.0 Å². The van der Waals surface area contributed by atoms with Crippen molar-refractivity contribution in [3.8, 4) is 11.1 Å². The van der Waals surface area contributed by atoms with Crippen LogP contribution < -0.4 is 5.32 Å². The van der Waals surface area contributed by atoms with Crippen LogP contribution in [-0.2, 0) is 25.8 Å². The monoisotopic (exact) mass is 592 g/mol. The topological polar surface area (TPSA) is 100 Å². The van der Waals surface area contributed by atoms with E-state index in [4.69, 9.17) is 33.7 Å². The predicted octanol–water partition coefficient (Wildman–Crippen LogP) is 7.41. The van der Waals surface area contributed by atoms with Crippen molar-refractivity contribution in [1.82, 2.24) is 29.3 Å². The molecule has 5 aromatic rings. The molecule has 11 heteroatoms. The number of halogens is 3. The maximum Gasteiger partial charge on any atom is 0.205 e. The SMILES string of the molecule is CCCCc1ccc(-c2cc(Cl)c3cn(C(C(=N)Nc4ncc[nH]4)c4ncn5c4C[C@@H](F)C5)nc3c2Cl)cc1CC. The van der Waals surface area contributed by atoms with Gasteiger partial charge in [0.2, 0.25) is 5.95 Å². The molecular weight excluding hydrogens is 562 g/mol. The number of aromatic nitrogens is 6. The third-order valence-electron chi connectivity index (χ3n) is 7.74. The minimum absolute atomic E-state index is 0.0688. The van der Waals surface area contributed by atoms with E-state index in [1.165, 1.54) is 11.1 Å². The fraction of sp³-hybridized carbons (Fsp3) is 0.333. The Balaban J connectivity index is 1.44. The van der Waals surface area contributed by atoms with E-state index >= 15 is 0 Å². The van der Waals surface area contributed by atoms with Crippen molar-refractivity contribution >= 4 is 45.9 Å². The number of aryl methyl sites for hydroxylation is 2. The minimum Gasteiger partial charge on any atom is -0.331 e.